The normalized spacial score (nSPS) is 12.4. The number of rotatable bonds is 15. The molecule has 0 saturated heterocycles. The van der Waals surface area contributed by atoms with Crippen LogP contribution in [0.4, 0.5) is 39.8 Å². The molecule has 19 rings (SSSR count). The van der Waals surface area contributed by atoms with Gasteiger partial charge in [0, 0.05) is 59.0 Å². The van der Waals surface area contributed by atoms with E-state index in [1.165, 1.54) is 118 Å². The zero-order valence-corrected chi connectivity index (χ0v) is 61.2. The van der Waals surface area contributed by atoms with Crippen LogP contribution < -0.4 is 72.6 Å². The van der Waals surface area contributed by atoms with Gasteiger partial charge in [0.1, 0.15) is 0 Å². The van der Waals surface area contributed by atoms with E-state index in [1.54, 1.807) is 0 Å². The molecule has 106 heavy (non-hydrogen) atoms. The van der Waals surface area contributed by atoms with Gasteiger partial charge in [0.25, 0.3) is 6.71 Å². The molecule has 17 aromatic carbocycles. The van der Waals surface area contributed by atoms with Gasteiger partial charge in [-0.3, -0.25) is 0 Å². The number of benzene rings is 17. The first-order valence-electron chi connectivity index (χ1n) is 36.9. The van der Waals surface area contributed by atoms with Crippen molar-refractivity contribution in [2.75, 3.05) is 28.8 Å². The molecule has 0 saturated carbocycles. The molecule has 0 aromatic heterocycles. The van der Waals surface area contributed by atoms with E-state index in [1.807, 2.05) is 0 Å². The second-order valence-electron chi connectivity index (χ2n) is 28.3. The van der Waals surface area contributed by atoms with Gasteiger partial charge in [-0.25, -0.2) is 0 Å². The van der Waals surface area contributed by atoms with Crippen LogP contribution in [-0.2, 0) is 0 Å². The second kappa shape index (κ2) is 26.8. The highest BCUT2D eigenvalue weighted by Gasteiger charge is 2.47. The Labute approximate surface area is 623 Å². The third-order valence-electron chi connectivity index (χ3n) is 22.5. The summed E-state index contributed by atoms with van der Waals surface area (Å²) >= 11 is 0. The maximum Gasteiger partial charge on any atom is 0.252 e. The van der Waals surface area contributed by atoms with E-state index >= 15 is 0 Å². The molecule has 0 bridgehead atoms. The average molecular weight is 1380 g/mol. The molecular formula is C100H74BN3Si2. The number of hydrogen-bond donors (Lipinski definition) is 0. The van der Waals surface area contributed by atoms with Crippen molar-refractivity contribution < 1.29 is 0 Å². The third-order valence-corrected chi connectivity index (χ3v) is 32.0. The van der Waals surface area contributed by atoms with Crippen molar-refractivity contribution in [2.45, 2.75) is 0 Å². The van der Waals surface area contributed by atoms with Crippen LogP contribution in [0.3, 0.4) is 0 Å². The molecular weight excluding hydrogens is 1310 g/mol. The number of hydrogen-bond acceptors (Lipinski definition) is 3. The molecule has 3 nitrogen and oxygen atoms in total. The lowest BCUT2D eigenvalue weighted by Crippen LogP contribution is -2.74. The first-order chi connectivity index (χ1) is 52.5. The number of para-hydroxylation sites is 1. The van der Waals surface area contributed by atoms with Crippen LogP contribution in [0, 0.1) is 0 Å². The van der Waals surface area contributed by atoms with Crippen LogP contribution in [0.25, 0.3) is 66.1 Å². The van der Waals surface area contributed by atoms with Crippen LogP contribution in [0.1, 0.15) is 0 Å². The second-order valence-corrected chi connectivity index (χ2v) is 35.9. The largest absolute Gasteiger partial charge is 0.377 e. The van der Waals surface area contributed by atoms with Gasteiger partial charge in [0.15, 0.2) is 16.1 Å². The number of anilines is 7. The lowest BCUT2D eigenvalue weighted by molar-refractivity contribution is 1.15. The minimum absolute atomic E-state index is 0.226. The topological polar surface area (TPSA) is 9.72 Å². The first kappa shape index (κ1) is 64.0. The Morgan fingerprint density at radius 2 is 0.575 bits per heavy atom. The van der Waals surface area contributed by atoms with Gasteiger partial charge in [-0.1, -0.05) is 364 Å². The van der Waals surface area contributed by atoms with Crippen molar-refractivity contribution in [1.82, 2.24) is 0 Å². The summed E-state index contributed by atoms with van der Waals surface area (Å²) in [5, 5.41) is 15.4. The fraction of sp³-hybridized carbons (Fsp3) is 0.0200. The van der Waals surface area contributed by atoms with Crippen LogP contribution >= 0.6 is 0 Å². The molecule has 2 heterocycles. The van der Waals surface area contributed by atoms with Crippen molar-refractivity contribution in [3.63, 3.8) is 0 Å². The van der Waals surface area contributed by atoms with Crippen LogP contribution in [0.2, 0.25) is 0 Å². The summed E-state index contributed by atoms with van der Waals surface area (Å²) in [4.78, 5) is 7.62. The maximum atomic E-state index is 2.67. The van der Waals surface area contributed by atoms with Crippen LogP contribution in [-0.4, -0.2) is 37.0 Å². The van der Waals surface area contributed by atoms with E-state index in [0.717, 1.165) is 45.3 Å². The Kier molecular flexibility index (Phi) is 16.2. The van der Waals surface area contributed by atoms with Gasteiger partial charge < -0.3 is 14.7 Å². The summed E-state index contributed by atoms with van der Waals surface area (Å²) in [6.45, 7) is -0.226. The van der Waals surface area contributed by atoms with Gasteiger partial charge in [-0.2, -0.15) is 0 Å². The van der Waals surface area contributed by atoms with Crippen molar-refractivity contribution >= 4 is 142 Å². The molecule has 0 aliphatic carbocycles. The molecule has 0 spiro atoms. The lowest BCUT2D eigenvalue weighted by atomic mass is 9.33. The van der Waals surface area contributed by atoms with Crippen molar-refractivity contribution in [2.24, 2.45) is 0 Å². The van der Waals surface area contributed by atoms with Crippen molar-refractivity contribution in [1.29, 1.82) is 0 Å². The van der Waals surface area contributed by atoms with Crippen LogP contribution in [0.15, 0.2) is 413 Å². The lowest BCUT2D eigenvalue weighted by Gasteiger charge is -2.45. The highest BCUT2D eigenvalue weighted by Crippen LogP contribution is 2.51. The average Bonchev–Trinajstić information content (AvgIpc) is 0.691. The molecule has 0 unspecified atom stereocenters. The summed E-state index contributed by atoms with van der Waals surface area (Å²) in [6.07, 6.45) is 0. The van der Waals surface area contributed by atoms with Gasteiger partial charge in [0.05, 0.1) is 5.69 Å². The Morgan fingerprint density at radius 3 is 0.981 bits per heavy atom. The minimum Gasteiger partial charge on any atom is -0.377 e. The monoisotopic (exact) mass is 1380 g/mol. The minimum atomic E-state index is -3.10. The standard InChI is InChI=1S/C100H74BN3Si2/c1-102(2)100-89-58-29-27-56-87(89)98(88-57-28-30-59-90(88)100)74-67-95-99-96(68-74)104(76-41-34-55-84(70-76)106(80-48-21-8-22-49-80,81-50-23-9-24-51-81)82-52-25-10-26-53-82)94-65-64-73(97-85(71-36-11-3-12-37-71)60-35-61-86(97)72-38-13-4-14-39-72)66-92(94)101(99)91-62-31-32-63-93(91)103(95)75-40-33-54-83(69-75)105(77-42-15-5-16-43-77,78-44-17-6-18-45-78)79-46-19-7-20-47-79/h3-70H,1-2H3. The van der Waals surface area contributed by atoms with Gasteiger partial charge in [0.2, 0.25) is 0 Å². The van der Waals surface area contributed by atoms with Gasteiger partial charge in [-0.05, 0) is 162 Å². The Balaban J connectivity index is 0.955. The molecule has 500 valence electrons. The summed E-state index contributed by atoms with van der Waals surface area (Å²) in [5.41, 5.74) is 21.1. The highest BCUT2D eigenvalue weighted by molar-refractivity contribution is 7.20. The third kappa shape index (κ3) is 10.4. The van der Waals surface area contributed by atoms with Crippen molar-refractivity contribution in [3.05, 3.63) is 413 Å². The molecule has 0 amide bonds. The molecule has 0 atom stereocenters. The van der Waals surface area contributed by atoms with E-state index in [2.05, 4.69) is 441 Å². The summed E-state index contributed by atoms with van der Waals surface area (Å²) in [5.74, 6) is 0. The molecule has 0 radical (unpaired) electrons. The fourth-order valence-electron chi connectivity index (χ4n) is 18.2. The molecule has 0 fully saturated rings. The SMILES string of the molecule is CN(C)c1c2ccccc2c(-c2cc3c4c(c2)N(c2cccc([Si](c5ccccc5)(c5ccccc5)c5ccccc5)c2)c2ccc(-c5c(-c6ccccc6)cccc5-c5ccccc5)cc2B4c2ccccc2N3c2cccc([Si](c3ccccc3)(c3ccccc3)c3ccccc3)c2)c2ccccc12. The van der Waals surface area contributed by atoms with E-state index < -0.39 is 16.1 Å². The van der Waals surface area contributed by atoms with E-state index in [4.69, 9.17) is 0 Å². The van der Waals surface area contributed by atoms with E-state index in [-0.39, 0.29) is 6.71 Å². The molecule has 2 aliphatic heterocycles. The molecule has 2 aliphatic rings. The van der Waals surface area contributed by atoms with Gasteiger partial charge >= 0.3 is 0 Å². The predicted octanol–water partition coefficient (Wildman–Crippen LogP) is 17.6. The summed E-state index contributed by atoms with van der Waals surface area (Å²) in [6, 6.07) is 157. The molecule has 0 N–H and O–H groups in total. The number of fused-ring (bicyclic) bond motifs is 6. The van der Waals surface area contributed by atoms with Crippen LogP contribution in [0.5, 0.6) is 0 Å². The van der Waals surface area contributed by atoms with Crippen molar-refractivity contribution in [3.8, 4) is 44.5 Å². The summed E-state index contributed by atoms with van der Waals surface area (Å²) in [7, 11) is -1.79. The molecule has 6 heteroatoms. The maximum absolute atomic E-state index is 3.10. The fourth-order valence-corrected chi connectivity index (χ4v) is 27.7. The zero-order valence-electron chi connectivity index (χ0n) is 59.2. The molecule has 17 aromatic rings. The van der Waals surface area contributed by atoms with Gasteiger partial charge in [-0.15, -0.1) is 0 Å². The smallest absolute Gasteiger partial charge is 0.252 e. The Hall–Kier alpha value is -12.8. The van der Waals surface area contributed by atoms with E-state index in [9.17, 15) is 0 Å². The Morgan fingerprint density at radius 1 is 0.236 bits per heavy atom. The zero-order chi connectivity index (χ0) is 70.7. The quantitative estimate of drug-likeness (QED) is 0.0575. The Bertz CT molecular complexity index is 5800. The number of nitrogens with zero attached hydrogens (tertiary/aromatic N) is 3. The summed E-state index contributed by atoms with van der Waals surface area (Å²) < 4.78 is 0. The highest BCUT2D eigenvalue weighted by atomic mass is 28.3. The first-order valence-corrected chi connectivity index (χ1v) is 40.9. The predicted molar refractivity (Wildman–Crippen MR) is 459 cm³/mol. The van der Waals surface area contributed by atoms with E-state index in [0.29, 0.717) is 0 Å².